The highest BCUT2D eigenvalue weighted by atomic mass is 32.2. The van der Waals surface area contributed by atoms with Crippen molar-refractivity contribution in [2.75, 3.05) is 4.72 Å². The highest BCUT2D eigenvalue weighted by molar-refractivity contribution is 7.92. The van der Waals surface area contributed by atoms with E-state index < -0.39 is 10.0 Å². The van der Waals surface area contributed by atoms with Crippen molar-refractivity contribution in [1.82, 2.24) is 9.38 Å². The molecule has 0 fully saturated rings. The first-order chi connectivity index (χ1) is 10.9. The number of anilines is 1. The van der Waals surface area contributed by atoms with E-state index in [4.69, 9.17) is 4.74 Å². The maximum atomic E-state index is 12.4. The molecule has 1 aromatic carbocycles. The van der Waals surface area contributed by atoms with E-state index >= 15 is 0 Å². The predicted octanol–water partition coefficient (Wildman–Crippen LogP) is 2.92. The molecule has 0 bridgehead atoms. The van der Waals surface area contributed by atoms with Crippen molar-refractivity contribution in [1.29, 1.82) is 0 Å². The predicted molar refractivity (Wildman–Crippen MR) is 88.2 cm³/mol. The molecule has 3 rings (SSSR count). The molecule has 0 aliphatic carbocycles. The number of hydrogen-bond acceptors (Lipinski definition) is 4. The van der Waals surface area contributed by atoms with Crippen molar-refractivity contribution in [3.8, 4) is 5.75 Å². The van der Waals surface area contributed by atoms with Gasteiger partial charge in [-0.1, -0.05) is 0 Å². The van der Waals surface area contributed by atoms with Crippen LogP contribution in [0.15, 0.2) is 59.9 Å². The average Bonchev–Trinajstić information content (AvgIpc) is 2.94. The Morgan fingerprint density at radius 1 is 1.13 bits per heavy atom. The van der Waals surface area contributed by atoms with Crippen LogP contribution in [0.3, 0.4) is 0 Å². The number of ether oxygens (including phenoxy) is 1. The Balaban J connectivity index is 1.83. The topological polar surface area (TPSA) is 72.7 Å². The number of benzene rings is 1. The molecule has 2 heterocycles. The summed E-state index contributed by atoms with van der Waals surface area (Å²) in [4.78, 5) is 4.30. The number of nitrogens with zero attached hydrogens (tertiary/aromatic N) is 2. The minimum atomic E-state index is -3.65. The largest absolute Gasteiger partial charge is 0.491 e. The molecule has 6 nitrogen and oxygen atoms in total. The van der Waals surface area contributed by atoms with Crippen molar-refractivity contribution in [3.63, 3.8) is 0 Å². The van der Waals surface area contributed by atoms with Crippen LogP contribution in [0.25, 0.3) is 5.65 Å². The zero-order valence-electron chi connectivity index (χ0n) is 12.8. The SMILES string of the molecule is CC(C)Oc1ccc(S(=O)(=O)Nc2ccc3nccn3c2)cc1. The lowest BCUT2D eigenvalue weighted by Crippen LogP contribution is -2.13. The molecule has 1 N–H and O–H groups in total. The molecule has 0 amide bonds. The monoisotopic (exact) mass is 331 g/mol. The number of hydrogen-bond donors (Lipinski definition) is 1. The van der Waals surface area contributed by atoms with Gasteiger partial charge in [0.15, 0.2) is 0 Å². The molecule has 0 saturated heterocycles. The molecule has 7 heteroatoms. The van der Waals surface area contributed by atoms with E-state index in [1.807, 2.05) is 13.8 Å². The quantitative estimate of drug-likeness (QED) is 0.780. The number of sulfonamides is 1. The summed E-state index contributed by atoms with van der Waals surface area (Å²) in [7, 11) is -3.65. The Bertz CT molecular complexity index is 915. The number of rotatable bonds is 5. The number of aromatic nitrogens is 2. The Morgan fingerprint density at radius 3 is 2.57 bits per heavy atom. The maximum absolute atomic E-state index is 12.4. The van der Waals surface area contributed by atoms with Gasteiger partial charge in [0.1, 0.15) is 11.4 Å². The van der Waals surface area contributed by atoms with Crippen molar-refractivity contribution in [2.24, 2.45) is 0 Å². The van der Waals surface area contributed by atoms with Gasteiger partial charge in [0, 0.05) is 18.6 Å². The Kier molecular flexibility index (Phi) is 3.96. The van der Waals surface area contributed by atoms with Gasteiger partial charge in [0.05, 0.1) is 16.7 Å². The van der Waals surface area contributed by atoms with Gasteiger partial charge in [-0.15, -0.1) is 0 Å². The molecule has 0 radical (unpaired) electrons. The van der Waals surface area contributed by atoms with E-state index in [-0.39, 0.29) is 11.0 Å². The number of imidazole rings is 1. The van der Waals surface area contributed by atoms with Crippen LogP contribution in [-0.2, 0) is 10.0 Å². The maximum Gasteiger partial charge on any atom is 0.261 e. The van der Waals surface area contributed by atoms with E-state index in [1.54, 1.807) is 47.3 Å². The number of fused-ring (bicyclic) bond motifs is 1. The highest BCUT2D eigenvalue weighted by Crippen LogP contribution is 2.20. The zero-order valence-corrected chi connectivity index (χ0v) is 13.6. The first kappa shape index (κ1) is 15.4. The van der Waals surface area contributed by atoms with E-state index in [9.17, 15) is 8.42 Å². The van der Waals surface area contributed by atoms with Crippen LogP contribution in [0.5, 0.6) is 5.75 Å². The molecule has 0 atom stereocenters. The first-order valence-corrected chi connectivity index (χ1v) is 8.65. The minimum Gasteiger partial charge on any atom is -0.491 e. The van der Waals surface area contributed by atoms with Gasteiger partial charge in [-0.3, -0.25) is 4.72 Å². The highest BCUT2D eigenvalue weighted by Gasteiger charge is 2.14. The van der Waals surface area contributed by atoms with Crippen LogP contribution in [0.1, 0.15) is 13.8 Å². The standard InChI is InChI=1S/C16H17N3O3S/c1-12(2)22-14-4-6-15(7-5-14)23(20,21)18-13-3-8-16-17-9-10-19(16)11-13/h3-12,18H,1-2H3. The normalized spacial score (nSPS) is 11.8. The van der Waals surface area contributed by atoms with Gasteiger partial charge >= 0.3 is 0 Å². The molecule has 3 aromatic rings. The molecule has 0 aliphatic rings. The molecule has 120 valence electrons. The molecule has 2 aromatic heterocycles. The van der Waals surface area contributed by atoms with Crippen LogP contribution in [0, 0.1) is 0 Å². The fourth-order valence-corrected chi connectivity index (χ4v) is 3.21. The van der Waals surface area contributed by atoms with Crippen LogP contribution in [0.2, 0.25) is 0 Å². The lowest BCUT2D eigenvalue weighted by molar-refractivity contribution is 0.242. The van der Waals surface area contributed by atoms with Crippen molar-refractivity contribution >= 4 is 21.4 Å². The summed E-state index contributed by atoms with van der Waals surface area (Å²) in [6.07, 6.45) is 5.13. The molecule has 23 heavy (non-hydrogen) atoms. The molecule has 0 saturated carbocycles. The van der Waals surface area contributed by atoms with Gasteiger partial charge in [0.25, 0.3) is 10.0 Å². The smallest absolute Gasteiger partial charge is 0.261 e. The molecule has 0 unspecified atom stereocenters. The fourth-order valence-electron chi connectivity index (χ4n) is 2.16. The number of nitrogens with one attached hydrogen (secondary N) is 1. The van der Waals surface area contributed by atoms with Crippen LogP contribution >= 0.6 is 0 Å². The third-order valence-corrected chi connectivity index (χ3v) is 4.54. The Hall–Kier alpha value is -2.54. The van der Waals surface area contributed by atoms with Crippen molar-refractivity contribution in [2.45, 2.75) is 24.8 Å². The van der Waals surface area contributed by atoms with E-state index in [2.05, 4.69) is 9.71 Å². The zero-order chi connectivity index (χ0) is 16.4. The van der Waals surface area contributed by atoms with Crippen LogP contribution < -0.4 is 9.46 Å². The summed E-state index contributed by atoms with van der Waals surface area (Å²) in [5.74, 6) is 0.638. The van der Waals surface area contributed by atoms with Crippen molar-refractivity contribution in [3.05, 3.63) is 55.0 Å². The third-order valence-electron chi connectivity index (χ3n) is 3.15. The second-order valence-electron chi connectivity index (χ2n) is 5.35. The van der Waals surface area contributed by atoms with Crippen LogP contribution in [0.4, 0.5) is 5.69 Å². The van der Waals surface area contributed by atoms with Gasteiger partial charge in [-0.25, -0.2) is 13.4 Å². The first-order valence-electron chi connectivity index (χ1n) is 7.16. The Morgan fingerprint density at radius 2 is 1.87 bits per heavy atom. The summed E-state index contributed by atoms with van der Waals surface area (Å²) in [5, 5.41) is 0. The van der Waals surface area contributed by atoms with Gasteiger partial charge < -0.3 is 9.14 Å². The van der Waals surface area contributed by atoms with E-state index in [0.717, 1.165) is 5.65 Å². The summed E-state index contributed by atoms with van der Waals surface area (Å²) in [5.41, 5.74) is 1.22. The summed E-state index contributed by atoms with van der Waals surface area (Å²) < 4.78 is 34.7. The molecule has 0 aliphatic heterocycles. The lowest BCUT2D eigenvalue weighted by atomic mass is 10.3. The summed E-state index contributed by atoms with van der Waals surface area (Å²) in [6, 6.07) is 9.76. The third kappa shape index (κ3) is 3.45. The van der Waals surface area contributed by atoms with E-state index in [0.29, 0.717) is 11.4 Å². The number of pyridine rings is 1. The lowest BCUT2D eigenvalue weighted by Gasteiger charge is -2.11. The van der Waals surface area contributed by atoms with Gasteiger partial charge in [0.2, 0.25) is 0 Å². The second kappa shape index (κ2) is 5.92. The molecular weight excluding hydrogens is 314 g/mol. The molecular formula is C16H17N3O3S. The minimum absolute atomic E-state index is 0.0393. The fraction of sp³-hybridized carbons (Fsp3) is 0.188. The van der Waals surface area contributed by atoms with Gasteiger partial charge in [-0.05, 0) is 50.2 Å². The van der Waals surface area contributed by atoms with Crippen LogP contribution in [-0.4, -0.2) is 23.9 Å². The van der Waals surface area contributed by atoms with Crippen molar-refractivity contribution < 1.29 is 13.2 Å². The Labute approximate surface area is 134 Å². The van der Waals surface area contributed by atoms with Gasteiger partial charge in [-0.2, -0.15) is 0 Å². The summed E-state index contributed by atoms with van der Waals surface area (Å²) >= 11 is 0. The molecule has 0 spiro atoms. The van der Waals surface area contributed by atoms with E-state index in [1.165, 1.54) is 12.1 Å². The summed E-state index contributed by atoms with van der Waals surface area (Å²) in [6.45, 7) is 3.83. The second-order valence-corrected chi connectivity index (χ2v) is 7.04. The average molecular weight is 331 g/mol.